The fourth-order valence-corrected chi connectivity index (χ4v) is 1.77. The van der Waals surface area contributed by atoms with E-state index in [4.69, 9.17) is 50.7 Å². The van der Waals surface area contributed by atoms with Crippen LogP contribution in [0.25, 0.3) is 0 Å². The van der Waals surface area contributed by atoms with E-state index in [2.05, 4.69) is 9.97 Å². The Morgan fingerprint density at radius 2 is 1.44 bits per heavy atom. The van der Waals surface area contributed by atoms with Gasteiger partial charge < -0.3 is 25.8 Å². The van der Waals surface area contributed by atoms with Gasteiger partial charge >= 0.3 is 24.8 Å². The minimum atomic E-state index is -1.35. The van der Waals surface area contributed by atoms with E-state index in [1.807, 2.05) is 0 Å². The number of halogens is 3. The number of aromatic nitrogens is 2. The van der Waals surface area contributed by atoms with Crippen molar-refractivity contribution in [3.63, 3.8) is 0 Å². The molecule has 0 spiro atoms. The third-order valence-corrected chi connectivity index (χ3v) is 2.86. The summed E-state index contributed by atoms with van der Waals surface area (Å²) in [5.74, 6) is -2.59. The number of hydrogen-bond acceptors (Lipinski definition) is 7. The largest absolute Gasteiger partial charge is 1.00 e. The molecule has 0 atom stereocenters. The maximum atomic E-state index is 10.4. The molecule has 8 nitrogen and oxygen atoms in total. The number of carbonyl (C=O) groups is 2. The molecule has 0 aliphatic heterocycles. The van der Waals surface area contributed by atoms with Gasteiger partial charge in [-0.25, -0.2) is 14.8 Å². The Kier molecular flexibility index (Phi) is 13.1. The predicted octanol–water partition coefficient (Wildman–Crippen LogP) is -1.62. The second-order valence-corrected chi connectivity index (χ2v) is 4.76. The van der Waals surface area contributed by atoms with E-state index in [1.54, 1.807) is 0 Å². The molecule has 12 heteroatoms. The monoisotopic (exact) mass is 401 g/mol. The van der Waals surface area contributed by atoms with Crippen LogP contribution in [0.4, 0.5) is 5.82 Å². The summed E-state index contributed by atoms with van der Waals surface area (Å²) >= 11 is 16.3. The zero-order valence-corrected chi connectivity index (χ0v) is 15.3. The van der Waals surface area contributed by atoms with Gasteiger partial charge in [0.25, 0.3) is 0 Å². The fraction of sp³-hybridized carbons (Fsp3) is 0.0769. The Bertz CT molecular complexity index is 673. The molecule has 2 rings (SSSR count). The van der Waals surface area contributed by atoms with E-state index in [0.717, 1.165) is 7.11 Å². The number of nitrogens with two attached hydrogens (primary N) is 1. The minimum Gasteiger partial charge on any atom is -0.545 e. The molecule has 0 aliphatic rings. The molecule has 0 unspecified atom stereocenters. The number of rotatable bonds is 2. The van der Waals surface area contributed by atoms with Crippen LogP contribution in [0, 0.1) is 0 Å². The molecule has 130 valence electrons. The van der Waals surface area contributed by atoms with Crippen LogP contribution < -0.4 is 29.7 Å². The molecular formula is C13H11Cl3LiN3O5. The van der Waals surface area contributed by atoms with E-state index in [0.29, 0.717) is 0 Å². The molecular weight excluding hydrogens is 391 g/mol. The van der Waals surface area contributed by atoms with E-state index >= 15 is 0 Å². The standard InChI is InChI=1S/C6H3Cl2NO2.C6H5ClN2O2.CH4O.Li/c2*7-4-2-1-3(6(10)11)5(8)9-4;1-2;/h1-2H,(H,10,11);1-2H,(H2,8,9)(H,10,11);2H,1H3;/q;;;+1/p-1. The number of nitrogen functional groups attached to an aromatic ring is 1. The number of aliphatic hydroxyl groups excluding tert-OH is 1. The first-order valence-corrected chi connectivity index (χ1v) is 6.99. The van der Waals surface area contributed by atoms with Gasteiger partial charge in [0.05, 0.1) is 11.5 Å². The second-order valence-electron chi connectivity index (χ2n) is 3.63. The van der Waals surface area contributed by atoms with Crippen LogP contribution in [0.2, 0.25) is 15.5 Å². The van der Waals surface area contributed by atoms with Crippen molar-refractivity contribution in [2.45, 2.75) is 0 Å². The average molecular weight is 403 g/mol. The van der Waals surface area contributed by atoms with Crippen molar-refractivity contribution >= 4 is 52.6 Å². The number of pyridine rings is 2. The molecule has 0 aromatic carbocycles. The molecule has 0 saturated heterocycles. The van der Waals surface area contributed by atoms with Gasteiger partial charge in [-0.1, -0.05) is 34.8 Å². The van der Waals surface area contributed by atoms with Gasteiger partial charge in [0, 0.05) is 12.7 Å². The topological polar surface area (TPSA) is 149 Å². The Morgan fingerprint density at radius 1 is 1.00 bits per heavy atom. The summed E-state index contributed by atoms with van der Waals surface area (Å²) in [6.45, 7) is 0. The first kappa shape index (κ1) is 25.7. The Morgan fingerprint density at radius 3 is 1.80 bits per heavy atom. The van der Waals surface area contributed by atoms with Gasteiger partial charge in [-0.3, -0.25) is 0 Å². The molecule has 2 aromatic rings. The van der Waals surface area contributed by atoms with E-state index < -0.39 is 11.9 Å². The summed E-state index contributed by atoms with van der Waals surface area (Å²) in [4.78, 5) is 27.7. The smallest absolute Gasteiger partial charge is 0.545 e. The van der Waals surface area contributed by atoms with Crippen LogP contribution in [0.5, 0.6) is 0 Å². The number of aromatic carboxylic acids is 2. The predicted molar refractivity (Wildman–Crippen MR) is 87.3 cm³/mol. The summed E-state index contributed by atoms with van der Waals surface area (Å²) in [6.07, 6.45) is 0. The zero-order chi connectivity index (χ0) is 18.9. The molecule has 0 fully saturated rings. The van der Waals surface area contributed by atoms with Crippen LogP contribution in [-0.4, -0.2) is 39.2 Å². The molecule has 25 heavy (non-hydrogen) atoms. The normalized spacial score (nSPS) is 8.68. The van der Waals surface area contributed by atoms with E-state index in [9.17, 15) is 14.7 Å². The van der Waals surface area contributed by atoms with Crippen LogP contribution in [0.3, 0.4) is 0 Å². The van der Waals surface area contributed by atoms with E-state index in [-0.39, 0.29) is 51.3 Å². The molecule has 0 bridgehead atoms. The van der Waals surface area contributed by atoms with Crippen LogP contribution in [0.15, 0.2) is 24.3 Å². The minimum absolute atomic E-state index is 0. The summed E-state index contributed by atoms with van der Waals surface area (Å²) in [7, 11) is 1.00. The molecule has 0 aliphatic carbocycles. The molecule has 0 radical (unpaired) electrons. The number of nitrogens with zero attached hydrogens (tertiary/aromatic N) is 2. The van der Waals surface area contributed by atoms with Gasteiger partial charge in [0.15, 0.2) is 0 Å². The Labute approximate surface area is 169 Å². The SMILES string of the molecule is CO.Nc1nc(Cl)ccc1C(=O)[O-].O=C(O)c1ccc(Cl)nc1Cl.[Li+]. The summed E-state index contributed by atoms with van der Waals surface area (Å²) in [5.41, 5.74) is 5.02. The average Bonchev–Trinajstić information content (AvgIpc) is 2.49. The maximum Gasteiger partial charge on any atom is 1.00 e. The number of carboxylic acid groups (broad SMARTS) is 2. The van der Waals surface area contributed by atoms with E-state index in [1.165, 1.54) is 24.3 Å². The zero-order valence-electron chi connectivity index (χ0n) is 13.0. The van der Waals surface area contributed by atoms with Gasteiger partial charge in [-0.05, 0) is 24.3 Å². The third-order valence-electron chi connectivity index (χ3n) is 2.16. The van der Waals surface area contributed by atoms with Crippen LogP contribution >= 0.6 is 34.8 Å². The number of aliphatic hydroxyl groups is 1. The van der Waals surface area contributed by atoms with Crippen molar-refractivity contribution in [3.05, 3.63) is 50.9 Å². The number of carbonyl (C=O) groups excluding carboxylic acids is 1. The van der Waals surface area contributed by atoms with Gasteiger partial charge in [-0.15, -0.1) is 0 Å². The molecule has 2 heterocycles. The maximum absolute atomic E-state index is 10.4. The summed E-state index contributed by atoms with van der Waals surface area (Å²) in [6, 6.07) is 5.26. The first-order chi connectivity index (χ1) is 11.2. The molecule has 2 aromatic heterocycles. The van der Waals surface area contributed by atoms with Gasteiger partial charge in [0.2, 0.25) is 0 Å². The van der Waals surface area contributed by atoms with Crippen molar-refractivity contribution in [2.24, 2.45) is 0 Å². The van der Waals surface area contributed by atoms with Gasteiger partial charge in [-0.2, -0.15) is 0 Å². The number of hydrogen-bond donors (Lipinski definition) is 3. The molecule has 0 saturated carbocycles. The number of carboxylic acids is 2. The summed E-state index contributed by atoms with van der Waals surface area (Å²) in [5, 5.41) is 26.0. The summed E-state index contributed by atoms with van der Waals surface area (Å²) < 4.78 is 0. The van der Waals surface area contributed by atoms with Crippen LogP contribution in [0.1, 0.15) is 20.7 Å². The van der Waals surface area contributed by atoms with Crippen molar-refractivity contribution < 1.29 is 43.8 Å². The second kappa shape index (κ2) is 12.8. The first-order valence-electron chi connectivity index (χ1n) is 5.85. The Hall–Kier alpha value is -1.53. The van der Waals surface area contributed by atoms with Crippen molar-refractivity contribution in [1.29, 1.82) is 0 Å². The quantitative estimate of drug-likeness (QED) is 0.401. The van der Waals surface area contributed by atoms with Crippen LogP contribution in [-0.2, 0) is 0 Å². The van der Waals surface area contributed by atoms with Crippen molar-refractivity contribution in [3.8, 4) is 0 Å². The van der Waals surface area contributed by atoms with Crippen molar-refractivity contribution in [1.82, 2.24) is 9.97 Å². The number of anilines is 1. The van der Waals surface area contributed by atoms with Crippen molar-refractivity contribution in [2.75, 3.05) is 12.8 Å². The molecule has 0 amide bonds. The third kappa shape index (κ3) is 8.93. The Balaban J connectivity index is 0. The fourth-order valence-electron chi connectivity index (χ4n) is 1.19. The van der Waals surface area contributed by atoms with Gasteiger partial charge in [0.1, 0.15) is 21.3 Å². The molecule has 4 N–H and O–H groups in total.